The van der Waals surface area contributed by atoms with Crippen LogP contribution in [0.1, 0.15) is 13.8 Å². The van der Waals surface area contributed by atoms with Crippen molar-refractivity contribution >= 4 is 21.8 Å². The first-order valence-electron chi connectivity index (χ1n) is 7.88. The van der Waals surface area contributed by atoms with Crippen molar-refractivity contribution in [3.63, 3.8) is 0 Å². The molecule has 8 nitrogen and oxygen atoms in total. The predicted octanol–water partition coefficient (Wildman–Crippen LogP) is -1.11. The number of nitrogens with zero attached hydrogens (tertiary/aromatic N) is 4. The SMILES string of the molecule is CCN(CC)C(=O)CN(C)CC(=O)N1CCN(S(C)(=O)=O)CC1. The highest BCUT2D eigenvalue weighted by Crippen LogP contribution is 2.06. The van der Waals surface area contributed by atoms with E-state index in [1.807, 2.05) is 13.8 Å². The minimum Gasteiger partial charge on any atom is -0.342 e. The molecule has 1 rings (SSSR count). The summed E-state index contributed by atoms with van der Waals surface area (Å²) in [6, 6.07) is 0. The van der Waals surface area contributed by atoms with Crippen LogP contribution in [0.3, 0.4) is 0 Å². The van der Waals surface area contributed by atoms with Gasteiger partial charge in [0.05, 0.1) is 19.3 Å². The molecule has 1 saturated heterocycles. The molecule has 9 heteroatoms. The van der Waals surface area contributed by atoms with Gasteiger partial charge < -0.3 is 9.80 Å². The number of likely N-dealkylation sites (N-methyl/N-ethyl adjacent to an activating group) is 2. The molecule has 0 aliphatic carbocycles. The van der Waals surface area contributed by atoms with E-state index in [9.17, 15) is 18.0 Å². The number of amides is 2. The van der Waals surface area contributed by atoms with Crippen LogP contribution in [0.4, 0.5) is 0 Å². The fourth-order valence-electron chi connectivity index (χ4n) is 2.56. The molecule has 0 bridgehead atoms. The zero-order chi connectivity index (χ0) is 17.6. The maximum absolute atomic E-state index is 12.2. The molecule has 0 aromatic heterocycles. The molecule has 0 aromatic carbocycles. The Morgan fingerprint density at radius 1 is 1.00 bits per heavy atom. The normalized spacial score (nSPS) is 16.7. The lowest BCUT2D eigenvalue weighted by Crippen LogP contribution is -2.52. The van der Waals surface area contributed by atoms with E-state index >= 15 is 0 Å². The molecule has 0 saturated carbocycles. The first-order valence-corrected chi connectivity index (χ1v) is 9.73. The van der Waals surface area contributed by atoms with E-state index in [0.29, 0.717) is 39.3 Å². The highest BCUT2D eigenvalue weighted by atomic mass is 32.2. The number of sulfonamides is 1. The highest BCUT2D eigenvalue weighted by molar-refractivity contribution is 7.88. The minimum absolute atomic E-state index is 0.00666. The third-order valence-electron chi connectivity index (χ3n) is 3.99. The standard InChI is InChI=1S/C14H28N4O4S/c1-5-16(6-2)13(19)11-15(3)12-14(20)17-7-9-18(10-8-17)23(4,21)22/h5-12H2,1-4H3. The van der Waals surface area contributed by atoms with Crippen molar-refractivity contribution < 1.29 is 18.0 Å². The summed E-state index contributed by atoms with van der Waals surface area (Å²) in [6.07, 6.45) is 1.18. The van der Waals surface area contributed by atoms with Crippen LogP contribution in [-0.4, -0.2) is 105 Å². The Bertz CT molecular complexity index is 511. The summed E-state index contributed by atoms with van der Waals surface area (Å²) in [6.45, 7) is 6.96. The minimum atomic E-state index is -3.19. The van der Waals surface area contributed by atoms with Gasteiger partial charge in [0.25, 0.3) is 0 Å². The van der Waals surface area contributed by atoms with Crippen LogP contribution >= 0.6 is 0 Å². The van der Waals surface area contributed by atoms with Gasteiger partial charge in [-0.25, -0.2) is 8.42 Å². The Kier molecular flexibility index (Phi) is 7.43. The van der Waals surface area contributed by atoms with Crippen LogP contribution in [0.15, 0.2) is 0 Å². The van der Waals surface area contributed by atoms with Crippen molar-refractivity contribution in [2.45, 2.75) is 13.8 Å². The molecule has 0 spiro atoms. The van der Waals surface area contributed by atoms with Gasteiger partial charge in [0.1, 0.15) is 0 Å². The zero-order valence-corrected chi connectivity index (χ0v) is 15.3. The number of carbonyl (C=O) groups is 2. The Balaban J connectivity index is 2.43. The van der Waals surface area contributed by atoms with Gasteiger partial charge >= 0.3 is 0 Å². The molecule has 1 aliphatic heterocycles. The lowest BCUT2D eigenvalue weighted by Gasteiger charge is -2.34. The molecule has 0 N–H and O–H groups in total. The number of hydrogen-bond donors (Lipinski definition) is 0. The summed E-state index contributed by atoms with van der Waals surface area (Å²) >= 11 is 0. The number of carbonyl (C=O) groups excluding carboxylic acids is 2. The van der Waals surface area contributed by atoms with Crippen molar-refractivity contribution in [1.82, 2.24) is 19.0 Å². The molecule has 1 aliphatic rings. The van der Waals surface area contributed by atoms with Crippen LogP contribution in [0.2, 0.25) is 0 Å². The summed E-state index contributed by atoms with van der Waals surface area (Å²) in [4.78, 5) is 29.3. The fourth-order valence-corrected chi connectivity index (χ4v) is 3.39. The van der Waals surface area contributed by atoms with Crippen molar-refractivity contribution in [3.05, 3.63) is 0 Å². The van der Waals surface area contributed by atoms with Gasteiger partial charge in [-0.1, -0.05) is 0 Å². The molecule has 2 amide bonds. The van der Waals surface area contributed by atoms with Gasteiger partial charge in [0.2, 0.25) is 21.8 Å². The summed E-state index contributed by atoms with van der Waals surface area (Å²) in [7, 11) is -1.45. The van der Waals surface area contributed by atoms with Gasteiger partial charge in [-0.05, 0) is 20.9 Å². The summed E-state index contributed by atoms with van der Waals surface area (Å²) in [5.41, 5.74) is 0. The average Bonchev–Trinajstić information content (AvgIpc) is 2.47. The third kappa shape index (κ3) is 6.08. The monoisotopic (exact) mass is 348 g/mol. The van der Waals surface area contributed by atoms with Gasteiger partial charge in [0.15, 0.2) is 0 Å². The van der Waals surface area contributed by atoms with E-state index in [4.69, 9.17) is 0 Å². The molecule has 134 valence electrons. The van der Waals surface area contributed by atoms with E-state index in [-0.39, 0.29) is 24.9 Å². The first kappa shape index (κ1) is 19.9. The van der Waals surface area contributed by atoms with Gasteiger partial charge in [-0.2, -0.15) is 4.31 Å². The average molecular weight is 348 g/mol. The second-order valence-corrected chi connectivity index (χ2v) is 7.76. The van der Waals surface area contributed by atoms with Crippen LogP contribution in [0.25, 0.3) is 0 Å². The Morgan fingerprint density at radius 2 is 1.52 bits per heavy atom. The van der Waals surface area contributed by atoms with Gasteiger partial charge in [0, 0.05) is 39.3 Å². The van der Waals surface area contributed by atoms with E-state index in [2.05, 4.69) is 0 Å². The molecule has 23 heavy (non-hydrogen) atoms. The molecule has 1 fully saturated rings. The Labute approximate surface area is 139 Å². The summed E-state index contributed by atoms with van der Waals surface area (Å²) in [5.74, 6) is -0.0693. The fraction of sp³-hybridized carbons (Fsp3) is 0.857. The Hall–Kier alpha value is -1.19. The van der Waals surface area contributed by atoms with Crippen LogP contribution in [0.5, 0.6) is 0 Å². The van der Waals surface area contributed by atoms with E-state index < -0.39 is 10.0 Å². The molecule has 0 atom stereocenters. The van der Waals surface area contributed by atoms with E-state index in [1.54, 1.807) is 21.7 Å². The highest BCUT2D eigenvalue weighted by Gasteiger charge is 2.26. The predicted molar refractivity (Wildman–Crippen MR) is 88.4 cm³/mol. The molecular formula is C14H28N4O4S. The summed E-state index contributed by atoms with van der Waals surface area (Å²) < 4.78 is 24.3. The second kappa shape index (κ2) is 8.60. The van der Waals surface area contributed by atoms with Crippen LogP contribution < -0.4 is 0 Å². The van der Waals surface area contributed by atoms with Crippen molar-refractivity contribution in [3.8, 4) is 0 Å². The lowest BCUT2D eigenvalue weighted by molar-refractivity contribution is -0.135. The van der Waals surface area contributed by atoms with Crippen molar-refractivity contribution in [2.24, 2.45) is 0 Å². The first-order chi connectivity index (χ1) is 10.7. The second-order valence-electron chi connectivity index (χ2n) is 5.78. The smallest absolute Gasteiger partial charge is 0.236 e. The third-order valence-corrected chi connectivity index (χ3v) is 5.29. The molecular weight excluding hydrogens is 320 g/mol. The van der Waals surface area contributed by atoms with E-state index in [1.165, 1.54) is 10.6 Å². The lowest BCUT2D eigenvalue weighted by atomic mass is 10.3. The number of hydrogen-bond acceptors (Lipinski definition) is 5. The van der Waals surface area contributed by atoms with Gasteiger partial charge in [-0.3, -0.25) is 14.5 Å². The van der Waals surface area contributed by atoms with Crippen molar-refractivity contribution in [2.75, 3.05) is 65.7 Å². The van der Waals surface area contributed by atoms with Crippen LogP contribution in [0, 0.1) is 0 Å². The van der Waals surface area contributed by atoms with E-state index in [0.717, 1.165) is 0 Å². The van der Waals surface area contributed by atoms with Crippen molar-refractivity contribution in [1.29, 1.82) is 0 Å². The zero-order valence-electron chi connectivity index (χ0n) is 14.5. The molecule has 0 unspecified atom stereocenters. The maximum Gasteiger partial charge on any atom is 0.236 e. The Morgan fingerprint density at radius 3 is 1.96 bits per heavy atom. The van der Waals surface area contributed by atoms with Crippen LogP contribution in [-0.2, 0) is 19.6 Å². The molecule has 0 aromatic rings. The number of piperazine rings is 1. The summed E-state index contributed by atoms with van der Waals surface area (Å²) in [5, 5.41) is 0. The topological polar surface area (TPSA) is 81.2 Å². The number of rotatable bonds is 7. The largest absolute Gasteiger partial charge is 0.342 e. The molecule has 0 radical (unpaired) electrons. The molecule has 1 heterocycles. The maximum atomic E-state index is 12.2. The van der Waals surface area contributed by atoms with Gasteiger partial charge in [-0.15, -0.1) is 0 Å². The quantitative estimate of drug-likeness (QED) is 0.583.